The maximum absolute atomic E-state index is 13.2. The van der Waals surface area contributed by atoms with Gasteiger partial charge < -0.3 is 41.7 Å². The van der Waals surface area contributed by atoms with Crippen LogP contribution in [-0.4, -0.2) is 96.6 Å². The number of benzene rings is 1. The van der Waals surface area contributed by atoms with Crippen LogP contribution in [0.25, 0.3) is 0 Å². The molecule has 2 rings (SSSR count). The highest BCUT2D eigenvalue weighted by Crippen LogP contribution is 2.14. The summed E-state index contributed by atoms with van der Waals surface area (Å²) in [7, 11) is 0. The molecule has 240 valence electrons. The van der Waals surface area contributed by atoms with E-state index in [0.29, 0.717) is 56.6 Å². The number of carbonyl (C=O) groups excluding carboxylic acids is 5. The number of nitrogens with one attached hydrogen (secondary N) is 4. The third kappa shape index (κ3) is 13.0. The summed E-state index contributed by atoms with van der Waals surface area (Å²) in [6.45, 7) is 8.03. The van der Waals surface area contributed by atoms with Gasteiger partial charge >= 0.3 is 0 Å². The van der Waals surface area contributed by atoms with Gasteiger partial charge in [-0.05, 0) is 63.1 Å². The Labute approximate surface area is 253 Å². The molecule has 0 fully saturated rings. The number of rotatable bonds is 4. The Morgan fingerprint density at radius 3 is 2.35 bits per heavy atom. The first-order valence-electron chi connectivity index (χ1n) is 15.0. The number of nitrogens with two attached hydrogens (primary N) is 1. The Hall–Kier alpha value is -3.71. The van der Waals surface area contributed by atoms with E-state index in [4.69, 9.17) is 10.5 Å². The summed E-state index contributed by atoms with van der Waals surface area (Å²) in [5.74, 6) is -1.60. The molecule has 2 bridgehead atoms. The van der Waals surface area contributed by atoms with Crippen molar-refractivity contribution in [2.45, 2.75) is 84.0 Å². The summed E-state index contributed by atoms with van der Waals surface area (Å²) >= 11 is 0. The third-order valence-corrected chi connectivity index (χ3v) is 6.84. The van der Waals surface area contributed by atoms with Crippen molar-refractivity contribution in [3.8, 4) is 5.75 Å². The van der Waals surface area contributed by atoms with E-state index >= 15 is 0 Å². The molecule has 1 unspecified atom stereocenters. The molecule has 1 aliphatic rings. The number of hydrogen-bond acceptors (Lipinski definition) is 8. The Morgan fingerprint density at radius 1 is 0.977 bits per heavy atom. The lowest BCUT2D eigenvalue weighted by atomic mass is 10.0. The average Bonchev–Trinajstić information content (AvgIpc) is 2.93. The average molecular weight is 605 g/mol. The maximum Gasteiger partial charge on any atom is 0.257 e. The smallest absolute Gasteiger partial charge is 0.257 e. The van der Waals surface area contributed by atoms with Crippen molar-refractivity contribution in [1.82, 2.24) is 26.2 Å². The zero-order valence-corrected chi connectivity index (χ0v) is 25.7. The number of aliphatic hydroxyl groups is 1. The summed E-state index contributed by atoms with van der Waals surface area (Å²) < 4.78 is 5.61. The van der Waals surface area contributed by atoms with Crippen molar-refractivity contribution in [1.29, 1.82) is 0 Å². The molecule has 43 heavy (non-hydrogen) atoms. The fourth-order valence-corrected chi connectivity index (χ4v) is 4.60. The van der Waals surface area contributed by atoms with Crippen LogP contribution in [0.5, 0.6) is 5.75 Å². The maximum atomic E-state index is 13.2. The molecule has 0 saturated heterocycles. The van der Waals surface area contributed by atoms with Gasteiger partial charge in [0.2, 0.25) is 23.6 Å². The molecule has 1 aromatic rings. The van der Waals surface area contributed by atoms with Gasteiger partial charge in [0.25, 0.3) is 5.91 Å². The van der Waals surface area contributed by atoms with Crippen molar-refractivity contribution in [2.24, 2.45) is 11.7 Å². The molecule has 1 aromatic carbocycles. The number of ether oxygens (including phenoxy) is 1. The minimum atomic E-state index is -1.22. The minimum absolute atomic E-state index is 0.0395. The van der Waals surface area contributed by atoms with E-state index in [9.17, 15) is 29.1 Å². The Balaban J connectivity index is 2.22. The molecule has 0 spiro atoms. The Kier molecular flexibility index (Phi) is 14.9. The van der Waals surface area contributed by atoms with E-state index in [0.717, 1.165) is 0 Å². The molecule has 0 radical (unpaired) electrons. The monoisotopic (exact) mass is 604 g/mol. The molecular weight excluding hydrogens is 556 g/mol. The molecule has 5 amide bonds. The van der Waals surface area contributed by atoms with Crippen LogP contribution < -0.4 is 31.7 Å². The van der Waals surface area contributed by atoms with Gasteiger partial charge in [0, 0.05) is 26.2 Å². The first-order valence-corrected chi connectivity index (χ1v) is 15.0. The second-order valence-electron chi connectivity index (χ2n) is 11.4. The topological polar surface area (TPSA) is 192 Å². The summed E-state index contributed by atoms with van der Waals surface area (Å²) in [6, 6.07) is 3.93. The highest BCUT2D eigenvalue weighted by molar-refractivity contribution is 5.92. The van der Waals surface area contributed by atoms with E-state index in [1.807, 2.05) is 13.8 Å². The molecule has 13 nitrogen and oxygen atoms in total. The van der Waals surface area contributed by atoms with Crippen molar-refractivity contribution in [3.63, 3.8) is 0 Å². The first-order chi connectivity index (χ1) is 20.4. The number of fused-ring (bicyclic) bond motifs is 2. The zero-order chi connectivity index (χ0) is 31.9. The second kappa shape index (κ2) is 18.1. The van der Waals surface area contributed by atoms with Gasteiger partial charge in [0.05, 0.1) is 18.6 Å². The first kappa shape index (κ1) is 35.5. The van der Waals surface area contributed by atoms with Gasteiger partial charge in [0.15, 0.2) is 6.61 Å². The molecule has 0 saturated carbocycles. The molecule has 7 N–H and O–H groups in total. The standard InChI is InChI=1S/C30H48N6O7/c1-19(2)15-24-28(40)35-27(21(4)37)29(41)33-11-5-6-13-36(30(42)20(3)31)14-8-12-32-26(39)18-43-23-10-7-9-22(16-23)17-25(38)34-24/h7,9-10,16,19-21,24,27,37H,5-6,8,11-15,17-18,31H2,1-4H3,(H,32,39)(H,33,41)(H,34,38)(H,35,40)/t20-,21+,24+,27?/m0/s1. The Morgan fingerprint density at radius 2 is 1.67 bits per heavy atom. The quantitative estimate of drug-likeness (QED) is 0.267. The van der Waals surface area contributed by atoms with Gasteiger partial charge in [0.1, 0.15) is 17.8 Å². The van der Waals surface area contributed by atoms with Crippen molar-refractivity contribution in [3.05, 3.63) is 29.8 Å². The van der Waals surface area contributed by atoms with Crippen LogP contribution in [0.3, 0.4) is 0 Å². The van der Waals surface area contributed by atoms with Crippen LogP contribution >= 0.6 is 0 Å². The lowest BCUT2D eigenvalue weighted by Crippen LogP contribution is -2.57. The number of hydrogen-bond donors (Lipinski definition) is 6. The molecule has 0 aromatic heterocycles. The van der Waals surface area contributed by atoms with E-state index in [1.165, 1.54) is 6.92 Å². The molecule has 1 aliphatic heterocycles. The zero-order valence-electron chi connectivity index (χ0n) is 25.7. The summed E-state index contributed by atoms with van der Waals surface area (Å²) in [5.41, 5.74) is 6.44. The van der Waals surface area contributed by atoms with E-state index in [-0.39, 0.29) is 37.3 Å². The van der Waals surface area contributed by atoms with Crippen LogP contribution in [0.2, 0.25) is 0 Å². The second-order valence-corrected chi connectivity index (χ2v) is 11.4. The Bertz CT molecular complexity index is 1090. The van der Waals surface area contributed by atoms with Crippen molar-refractivity contribution in [2.75, 3.05) is 32.8 Å². The molecule has 1 heterocycles. The highest BCUT2D eigenvalue weighted by atomic mass is 16.5. The highest BCUT2D eigenvalue weighted by Gasteiger charge is 2.30. The van der Waals surface area contributed by atoms with Crippen molar-refractivity contribution >= 4 is 29.5 Å². The minimum Gasteiger partial charge on any atom is -0.484 e. The lowest BCUT2D eigenvalue weighted by Gasteiger charge is -2.26. The van der Waals surface area contributed by atoms with Gasteiger partial charge in [-0.2, -0.15) is 0 Å². The number of carbonyl (C=O) groups is 5. The van der Waals surface area contributed by atoms with Crippen LogP contribution in [0.4, 0.5) is 0 Å². The predicted molar refractivity (Wildman–Crippen MR) is 161 cm³/mol. The fourth-order valence-electron chi connectivity index (χ4n) is 4.60. The lowest BCUT2D eigenvalue weighted by molar-refractivity contribution is -0.134. The normalized spacial score (nSPS) is 22.2. The van der Waals surface area contributed by atoms with Crippen LogP contribution in [0.15, 0.2) is 24.3 Å². The number of amides is 5. The van der Waals surface area contributed by atoms with Gasteiger partial charge in [-0.1, -0.05) is 26.0 Å². The van der Waals surface area contributed by atoms with E-state index < -0.39 is 42.0 Å². The number of nitrogens with zero attached hydrogens (tertiary/aromatic N) is 1. The van der Waals surface area contributed by atoms with Crippen LogP contribution in [0.1, 0.15) is 58.9 Å². The van der Waals surface area contributed by atoms with Crippen LogP contribution in [-0.2, 0) is 30.4 Å². The summed E-state index contributed by atoms with van der Waals surface area (Å²) in [4.78, 5) is 65.6. The summed E-state index contributed by atoms with van der Waals surface area (Å²) in [5, 5.41) is 21.1. The van der Waals surface area contributed by atoms with E-state index in [2.05, 4.69) is 21.3 Å². The largest absolute Gasteiger partial charge is 0.484 e. The molecule has 13 heteroatoms. The summed E-state index contributed by atoms with van der Waals surface area (Å²) in [6.07, 6.45) is 0.726. The molecule has 0 aliphatic carbocycles. The molecule has 4 atom stereocenters. The fraction of sp³-hybridized carbons (Fsp3) is 0.633. The van der Waals surface area contributed by atoms with Crippen molar-refractivity contribution < 1.29 is 33.8 Å². The third-order valence-electron chi connectivity index (χ3n) is 6.84. The number of aliphatic hydroxyl groups excluding tert-OH is 1. The predicted octanol–water partition coefficient (Wildman–Crippen LogP) is -0.403. The van der Waals surface area contributed by atoms with E-state index in [1.54, 1.807) is 36.1 Å². The molecular formula is C30H48N6O7. The van der Waals surface area contributed by atoms with Gasteiger partial charge in [-0.15, -0.1) is 0 Å². The van der Waals surface area contributed by atoms with Gasteiger partial charge in [-0.25, -0.2) is 0 Å². The SMILES string of the molecule is CC(C)C[C@H]1NC(=O)Cc2cccc(c2)OCC(=O)NCCCN(C(=O)[C@H](C)N)CCCCNC(=O)C([C@@H](C)O)NC1=O. The van der Waals surface area contributed by atoms with Crippen LogP contribution in [0, 0.1) is 5.92 Å². The van der Waals surface area contributed by atoms with Gasteiger partial charge in [-0.3, -0.25) is 24.0 Å².